The van der Waals surface area contributed by atoms with Crippen LogP contribution in [-0.2, 0) is 21.4 Å². The molecular weight excluding hydrogens is 324 g/mol. The predicted molar refractivity (Wildman–Crippen MR) is 87.2 cm³/mol. The molecule has 0 aliphatic carbocycles. The summed E-state index contributed by atoms with van der Waals surface area (Å²) in [4.78, 5) is 12.4. The van der Waals surface area contributed by atoms with Gasteiger partial charge >= 0.3 is 0 Å². The molecule has 0 aromatic heterocycles. The molecule has 1 aliphatic rings. The highest BCUT2D eigenvalue weighted by molar-refractivity contribution is 7.89. The van der Waals surface area contributed by atoms with Crippen molar-refractivity contribution >= 4 is 27.5 Å². The molecule has 1 aromatic carbocycles. The van der Waals surface area contributed by atoms with E-state index in [4.69, 9.17) is 11.6 Å². The maximum absolute atomic E-state index is 12.4. The van der Waals surface area contributed by atoms with Gasteiger partial charge in [-0.2, -0.15) is 4.31 Å². The van der Waals surface area contributed by atoms with Gasteiger partial charge in [-0.3, -0.25) is 4.79 Å². The second-order valence-electron chi connectivity index (χ2n) is 5.80. The van der Waals surface area contributed by atoms with Gasteiger partial charge < -0.3 is 5.32 Å². The summed E-state index contributed by atoms with van der Waals surface area (Å²) < 4.78 is 25.4. The van der Waals surface area contributed by atoms with Crippen LogP contribution in [0, 0.1) is 6.92 Å². The third-order valence-corrected chi connectivity index (χ3v) is 6.31. The summed E-state index contributed by atoms with van der Waals surface area (Å²) in [6.45, 7) is 5.78. The lowest BCUT2D eigenvalue weighted by molar-refractivity contribution is -0.125. The first-order valence-corrected chi connectivity index (χ1v) is 9.25. The highest BCUT2D eigenvalue weighted by atomic mass is 35.5. The zero-order chi connectivity index (χ0) is 16.5. The summed E-state index contributed by atoms with van der Waals surface area (Å²) in [5, 5.41) is 3.41. The number of nitrogens with one attached hydrogen (secondary N) is 1. The lowest BCUT2D eigenvalue weighted by atomic mass is 10.1. The number of hydrogen-bond acceptors (Lipinski definition) is 3. The standard InChI is InChI=1S/C15H21ClN2O3S/c1-10(2)18-14(7-8-22(18,20)21)15(19)17-9-12-11(3)5-4-6-13(12)16/h4-6,10,14H,7-9H2,1-3H3,(H,17,19). The highest BCUT2D eigenvalue weighted by Gasteiger charge is 2.42. The van der Waals surface area contributed by atoms with Crippen molar-refractivity contribution in [3.8, 4) is 0 Å². The Morgan fingerprint density at radius 2 is 2.14 bits per heavy atom. The first-order chi connectivity index (χ1) is 10.2. The van der Waals surface area contributed by atoms with Crippen LogP contribution < -0.4 is 5.32 Å². The summed E-state index contributed by atoms with van der Waals surface area (Å²) in [5.41, 5.74) is 1.85. The summed E-state index contributed by atoms with van der Waals surface area (Å²) in [6, 6.07) is 4.69. The van der Waals surface area contributed by atoms with Crippen molar-refractivity contribution in [2.45, 2.75) is 45.8 Å². The number of carbonyl (C=O) groups excluding carboxylic acids is 1. The van der Waals surface area contributed by atoms with Crippen molar-refractivity contribution in [1.29, 1.82) is 0 Å². The number of amides is 1. The van der Waals surface area contributed by atoms with E-state index in [-0.39, 0.29) is 17.7 Å². The van der Waals surface area contributed by atoms with Crippen molar-refractivity contribution in [3.05, 3.63) is 34.3 Å². The van der Waals surface area contributed by atoms with Gasteiger partial charge in [0.2, 0.25) is 15.9 Å². The van der Waals surface area contributed by atoms with Crippen molar-refractivity contribution in [3.63, 3.8) is 0 Å². The van der Waals surface area contributed by atoms with Crippen LogP contribution in [0.15, 0.2) is 18.2 Å². The minimum atomic E-state index is -3.33. The largest absolute Gasteiger partial charge is 0.351 e. The molecule has 1 atom stereocenters. The Kier molecular flexibility index (Phi) is 5.14. The van der Waals surface area contributed by atoms with E-state index in [0.717, 1.165) is 11.1 Å². The van der Waals surface area contributed by atoms with Crippen LogP contribution in [0.2, 0.25) is 5.02 Å². The Bertz CT molecular complexity index is 653. The highest BCUT2D eigenvalue weighted by Crippen LogP contribution is 2.25. The van der Waals surface area contributed by atoms with Crippen molar-refractivity contribution in [2.75, 3.05) is 5.75 Å². The van der Waals surface area contributed by atoms with Crippen LogP contribution >= 0.6 is 11.6 Å². The zero-order valence-electron chi connectivity index (χ0n) is 13.0. The number of hydrogen-bond donors (Lipinski definition) is 1. The van der Waals surface area contributed by atoms with Gasteiger partial charge in [0.05, 0.1) is 5.75 Å². The van der Waals surface area contributed by atoms with Gasteiger partial charge in [-0.05, 0) is 44.4 Å². The Morgan fingerprint density at radius 1 is 1.45 bits per heavy atom. The topological polar surface area (TPSA) is 66.5 Å². The maximum atomic E-state index is 12.4. The number of halogens is 1. The molecular formula is C15H21ClN2O3S. The Hall–Kier alpha value is -1.11. The zero-order valence-corrected chi connectivity index (χ0v) is 14.5. The average Bonchev–Trinajstić information content (AvgIpc) is 2.73. The molecule has 122 valence electrons. The number of sulfonamides is 1. The molecule has 1 heterocycles. The Balaban J connectivity index is 2.10. The minimum absolute atomic E-state index is 0.0222. The van der Waals surface area contributed by atoms with Gasteiger partial charge in [0, 0.05) is 17.6 Å². The van der Waals surface area contributed by atoms with Gasteiger partial charge in [0.15, 0.2) is 0 Å². The first-order valence-electron chi connectivity index (χ1n) is 7.27. The third-order valence-electron chi connectivity index (χ3n) is 3.88. The maximum Gasteiger partial charge on any atom is 0.238 e. The van der Waals surface area contributed by atoms with E-state index in [0.29, 0.717) is 18.0 Å². The summed E-state index contributed by atoms with van der Waals surface area (Å²) in [6.07, 6.45) is 0.327. The fourth-order valence-corrected chi connectivity index (χ4v) is 5.05. The molecule has 1 fully saturated rings. The molecule has 1 aliphatic heterocycles. The predicted octanol–water partition coefficient (Wildman–Crippen LogP) is 2.08. The Labute approximate surface area is 136 Å². The van der Waals surface area contributed by atoms with E-state index in [1.54, 1.807) is 19.9 Å². The summed E-state index contributed by atoms with van der Waals surface area (Å²) in [7, 11) is -3.33. The van der Waals surface area contributed by atoms with Crippen molar-refractivity contribution in [1.82, 2.24) is 9.62 Å². The van der Waals surface area contributed by atoms with Crippen molar-refractivity contribution in [2.24, 2.45) is 0 Å². The van der Waals surface area contributed by atoms with Crippen LogP contribution in [0.1, 0.15) is 31.4 Å². The molecule has 1 aromatic rings. The van der Waals surface area contributed by atoms with Crippen LogP contribution in [0.4, 0.5) is 0 Å². The Morgan fingerprint density at radius 3 is 2.73 bits per heavy atom. The third kappa shape index (κ3) is 3.45. The summed E-state index contributed by atoms with van der Waals surface area (Å²) in [5.74, 6) is -0.247. The quantitative estimate of drug-likeness (QED) is 0.909. The molecule has 0 saturated carbocycles. The van der Waals surface area contributed by atoms with E-state index >= 15 is 0 Å². The average molecular weight is 345 g/mol. The van der Waals surface area contributed by atoms with Gasteiger partial charge in [0.1, 0.15) is 6.04 Å². The van der Waals surface area contributed by atoms with Crippen LogP contribution in [0.25, 0.3) is 0 Å². The normalized spacial score (nSPS) is 21.2. The van der Waals surface area contributed by atoms with Crippen molar-refractivity contribution < 1.29 is 13.2 Å². The second kappa shape index (κ2) is 6.56. The van der Waals surface area contributed by atoms with Crippen LogP contribution in [0.3, 0.4) is 0 Å². The fraction of sp³-hybridized carbons (Fsp3) is 0.533. The van der Waals surface area contributed by atoms with E-state index in [1.165, 1.54) is 4.31 Å². The molecule has 0 bridgehead atoms. The van der Waals surface area contributed by atoms with E-state index in [9.17, 15) is 13.2 Å². The van der Waals surface area contributed by atoms with Gasteiger partial charge in [-0.15, -0.1) is 0 Å². The van der Waals surface area contributed by atoms with Crippen LogP contribution in [-0.4, -0.2) is 36.5 Å². The molecule has 5 nitrogen and oxygen atoms in total. The first kappa shape index (κ1) is 17.2. The molecule has 0 radical (unpaired) electrons. The molecule has 1 N–H and O–H groups in total. The monoisotopic (exact) mass is 344 g/mol. The number of rotatable bonds is 4. The SMILES string of the molecule is Cc1cccc(Cl)c1CNC(=O)C1CCS(=O)(=O)N1C(C)C. The molecule has 1 saturated heterocycles. The van der Waals surface area contributed by atoms with E-state index in [2.05, 4.69) is 5.32 Å². The molecule has 22 heavy (non-hydrogen) atoms. The number of nitrogens with zero attached hydrogens (tertiary/aromatic N) is 1. The lowest BCUT2D eigenvalue weighted by Gasteiger charge is -2.25. The lowest BCUT2D eigenvalue weighted by Crippen LogP contribution is -2.47. The second-order valence-corrected chi connectivity index (χ2v) is 8.20. The molecule has 2 rings (SSSR count). The van der Waals surface area contributed by atoms with Gasteiger partial charge in [0.25, 0.3) is 0 Å². The summed E-state index contributed by atoms with van der Waals surface area (Å²) >= 11 is 6.14. The fourth-order valence-electron chi connectivity index (χ4n) is 2.80. The number of carbonyl (C=O) groups is 1. The molecule has 7 heteroatoms. The molecule has 1 amide bonds. The van der Waals surface area contributed by atoms with Gasteiger partial charge in [-0.25, -0.2) is 8.42 Å². The number of benzene rings is 1. The minimum Gasteiger partial charge on any atom is -0.351 e. The smallest absolute Gasteiger partial charge is 0.238 e. The van der Waals surface area contributed by atoms with Gasteiger partial charge in [-0.1, -0.05) is 23.7 Å². The number of aryl methyl sites for hydroxylation is 1. The van der Waals surface area contributed by atoms with E-state index < -0.39 is 16.1 Å². The molecule has 1 unspecified atom stereocenters. The van der Waals surface area contributed by atoms with Crippen LogP contribution in [0.5, 0.6) is 0 Å². The molecule has 0 spiro atoms. The van der Waals surface area contributed by atoms with E-state index in [1.807, 2.05) is 19.1 Å².